The number of rotatable bonds is 4. The summed E-state index contributed by atoms with van der Waals surface area (Å²) < 4.78 is 0. The molecule has 0 saturated carbocycles. The van der Waals surface area contributed by atoms with Gasteiger partial charge in [0.2, 0.25) is 0 Å². The molecule has 0 bridgehead atoms. The molecule has 1 heterocycles. The monoisotopic (exact) mass is 197 g/mol. The van der Waals surface area contributed by atoms with Gasteiger partial charge in [-0.2, -0.15) is 0 Å². The van der Waals surface area contributed by atoms with Crippen molar-refractivity contribution in [2.45, 2.75) is 45.6 Å². The van der Waals surface area contributed by atoms with Gasteiger partial charge in [0.25, 0.3) is 5.91 Å². The molecule has 1 rings (SSSR count). The van der Waals surface area contributed by atoms with Crippen molar-refractivity contribution in [1.29, 1.82) is 0 Å². The molecule has 4 heteroatoms. The molecular weight excluding hydrogens is 178 g/mol. The molecule has 0 aliphatic carbocycles. The number of carbonyl (C=O) groups is 1. The topological polar surface area (TPSA) is 53.5 Å². The Morgan fingerprint density at radius 2 is 2.07 bits per heavy atom. The van der Waals surface area contributed by atoms with Crippen LogP contribution in [0.1, 0.15) is 40.0 Å². The van der Waals surface area contributed by atoms with Crippen molar-refractivity contribution in [1.82, 2.24) is 10.6 Å². The Labute approximate surface area is 85.2 Å². The summed E-state index contributed by atoms with van der Waals surface area (Å²) in [4.78, 5) is 15.9. The molecule has 1 atom stereocenters. The lowest BCUT2D eigenvalue weighted by atomic mass is 9.91. The first-order valence-electron chi connectivity index (χ1n) is 5.32. The molecule has 1 amide bonds. The van der Waals surface area contributed by atoms with Gasteiger partial charge in [-0.15, -0.1) is 0 Å². The van der Waals surface area contributed by atoms with Crippen molar-refractivity contribution >= 4 is 11.9 Å². The van der Waals surface area contributed by atoms with Gasteiger partial charge in [0.1, 0.15) is 5.54 Å². The number of guanidine groups is 1. The number of hydrogen-bond donors (Lipinski definition) is 2. The Kier molecular flexibility index (Phi) is 3.49. The van der Waals surface area contributed by atoms with Gasteiger partial charge >= 0.3 is 0 Å². The van der Waals surface area contributed by atoms with E-state index in [9.17, 15) is 4.79 Å². The first-order chi connectivity index (χ1) is 6.68. The van der Waals surface area contributed by atoms with Crippen molar-refractivity contribution in [3.05, 3.63) is 0 Å². The molecule has 0 aromatic carbocycles. The van der Waals surface area contributed by atoms with Crippen LogP contribution in [-0.2, 0) is 4.79 Å². The van der Waals surface area contributed by atoms with E-state index in [2.05, 4.69) is 22.5 Å². The maximum Gasteiger partial charge on any atom is 0.252 e. The molecule has 1 aliphatic heterocycles. The van der Waals surface area contributed by atoms with Gasteiger partial charge in [0.15, 0.2) is 5.96 Å². The van der Waals surface area contributed by atoms with E-state index in [1.165, 1.54) is 0 Å². The maximum atomic E-state index is 11.7. The highest BCUT2D eigenvalue weighted by atomic mass is 16.2. The Balaban J connectivity index is 2.79. The smallest absolute Gasteiger partial charge is 0.252 e. The van der Waals surface area contributed by atoms with E-state index in [-0.39, 0.29) is 5.91 Å². The second-order valence-corrected chi connectivity index (χ2v) is 3.59. The predicted molar refractivity (Wildman–Crippen MR) is 57.2 cm³/mol. The lowest BCUT2D eigenvalue weighted by Crippen LogP contribution is -2.46. The van der Waals surface area contributed by atoms with E-state index in [1.54, 1.807) is 0 Å². The summed E-state index contributed by atoms with van der Waals surface area (Å²) in [7, 11) is 0. The fourth-order valence-corrected chi connectivity index (χ4v) is 1.81. The zero-order chi connectivity index (χ0) is 10.6. The van der Waals surface area contributed by atoms with Crippen LogP contribution in [-0.4, -0.2) is 24.0 Å². The quantitative estimate of drug-likeness (QED) is 0.707. The molecule has 14 heavy (non-hydrogen) atoms. The average Bonchev–Trinajstić information content (AvgIpc) is 2.45. The van der Waals surface area contributed by atoms with Gasteiger partial charge in [0.05, 0.1) is 0 Å². The fourth-order valence-electron chi connectivity index (χ4n) is 1.81. The second kappa shape index (κ2) is 4.44. The van der Waals surface area contributed by atoms with Crippen LogP contribution in [0.2, 0.25) is 0 Å². The molecule has 0 spiro atoms. The van der Waals surface area contributed by atoms with E-state index in [1.807, 2.05) is 13.8 Å². The van der Waals surface area contributed by atoms with Gasteiger partial charge in [0, 0.05) is 6.54 Å². The van der Waals surface area contributed by atoms with Crippen molar-refractivity contribution in [2.75, 3.05) is 6.54 Å². The summed E-state index contributed by atoms with van der Waals surface area (Å²) in [5.74, 6) is 0.696. The van der Waals surface area contributed by atoms with Crippen LogP contribution in [0, 0.1) is 0 Å². The van der Waals surface area contributed by atoms with Gasteiger partial charge in [-0.25, -0.2) is 0 Å². The van der Waals surface area contributed by atoms with E-state index in [0.29, 0.717) is 12.5 Å². The van der Waals surface area contributed by atoms with Crippen LogP contribution in [0.5, 0.6) is 0 Å². The number of aliphatic imine (C=N–C) groups is 1. The van der Waals surface area contributed by atoms with Crippen molar-refractivity contribution in [3.63, 3.8) is 0 Å². The summed E-state index contributed by atoms with van der Waals surface area (Å²) in [6, 6.07) is 0. The number of hydrogen-bond acceptors (Lipinski definition) is 2. The maximum absolute atomic E-state index is 11.7. The van der Waals surface area contributed by atoms with E-state index >= 15 is 0 Å². The van der Waals surface area contributed by atoms with Crippen LogP contribution in [0.3, 0.4) is 0 Å². The minimum Gasteiger partial charge on any atom is -0.342 e. The Morgan fingerprint density at radius 1 is 1.36 bits per heavy atom. The SMILES string of the molecule is CCCC1(CC)NC(=NCC)NC1=O. The van der Waals surface area contributed by atoms with Gasteiger partial charge < -0.3 is 5.32 Å². The summed E-state index contributed by atoms with van der Waals surface area (Å²) in [6.45, 7) is 6.75. The van der Waals surface area contributed by atoms with Crippen LogP contribution < -0.4 is 10.6 Å². The zero-order valence-electron chi connectivity index (χ0n) is 9.18. The molecule has 0 radical (unpaired) electrons. The Hall–Kier alpha value is -1.06. The number of nitrogens with one attached hydrogen (secondary N) is 2. The lowest BCUT2D eigenvalue weighted by molar-refractivity contribution is -0.124. The second-order valence-electron chi connectivity index (χ2n) is 3.59. The number of nitrogens with zero attached hydrogens (tertiary/aromatic N) is 1. The minimum atomic E-state index is -0.414. The number of carbonyl (C=O) groups excluding carboxylic acids is 1. The molecule has 1 fully saturated rings. The molecule has 0 aromatic heterocycles. The number of amides is 1. The fraction of sp³-hybridized carbons (Fsp3) is 0.800. The molecule has 4 nitrogen and oxygen atoms in total. The van der Waals surface area contributed by atoms with Crippen molar-refractivity contribution in [3.8, 4) is 0 Å². The van der Waals surface area contributed by atoms with E-state index in [4.69, 9.17) is 0 Å². The third-order valence-corrected chi connectivity index (χ3v) is 2.62. The first-order valence-corrected chi connectivity index (χ1v) is 5.32. The molecular formula is C10H19N3O. The highest BCUT2D eigenvalue weighted by Gasteiger charge is 2.42. The summed E-state index contributed by atoms with van der Waals surface area (Å²) >= 11 is 0. The molecule has 1 aliphatic rings. The predicted octanol–water partition coefficient (Wildman–Crippen LogP) is 1.03. The molecule has 80 valence electrons. The highest BCUT2D eigenvalue weighted by molar-refractivity contribution is 6.08. The van der Waals surface area contributed by atoms with Gasteiger partial charge in [-0.05, 0) is 19.8 Å². The van der Waals surface area contributed by atoms with E-state index in [0.717, 1.165) is 19.3 Å². The third kappa shape index (κ3) is 1.89. The standard InChI is InChI=1S/C10H19N3O/c1-4-7-10(5-2)8(14)12-9(13-10)11-6-3/h4-7H2,1-3H3,(H2,11,12,13,14). The third-order valence-electron chi connectivity index (χ3n) is 2.62. The van der Waals surface area contributed by atoms with Gasteiger partial charge in [-0.3, -0.25) is 15.1 Å². The average molecular weight is 197 g/mol. The minimum absolute atomic E-state index is 0.0639. The molecule has 1 saturated heterocycles. The normalized spacial score (nSPS) is 29.1. The van der Waals surface area contributed by atoms with Crippen LogP contribution in [0.25, 0.3) is 0 Å². The summed E-state index contributed by atoms with van der Waals surface area (Å²) in [5.41, 5.74) is -0.414. The zero-order valence-corrected chi connectivity index (χ0v) is 9.18. The molecule has 1 unspecified atom stereocenters. The van der Waals surface area contributed by atoms with Crippen LogP contribution in [0.4, 0.5) is 0 Å². The molecule has 2 N–H and O–H groups in total. The van der Waals surface area contributed by atoms with Crippen LogP contribution >= 0.6 is 0 Å². The van der Waals surface area contributed by atoms with E-state index < -0.39 is 5.54 Å². The Morgan fingerprint density at radius 3 is 2.57 bits per heavy atom. The van der Waals surface area contributed by atoms with Gasteiger partial charge in [-0.1, -0.05) is 20.3 Å². The highest BCUT2D eigenvalue weighted by Crippen LogP contribution is 2.21. The van der Waals surface area contributed by atoms with Crippen molar-refractivity contribution < 1.29 is 4.79 Å². The summed E-state index contributed by atoms with van der Waals surface area (Å²) in [6.07, 6.45) is 2.65. The Bertz CT molecular complexity index is 250. The van der Waals surface area contributed by atoms with Crippen LogP contribution in [0.15, 0.2) is 4.99 Å². The first kappa shape index (κ1) is 11.0. The molecule has 0 aromatic rings. The largest absolute Gasteiger partial charge is 0.342 e. The van der Waals surface area contributed by atoms with Crippen molar-refractivity contribution in [2.24, 2.45) is 4.99 Å². The summed E-state index contributed by atoms with van der Waals surface area (Å²) in [5, 5.41) is 5.98. The lowest BCUT2D eigenvalue weighted by Gasteiger charge is -2.23.